The van der Waals surface area contributed by atoms with E-state index >= 15 is 0 Å². The number of nitrogens with zero attached hydrogens (tertiary/aromatic N) is 3. The van der Waals surface area contributed by atoms with Crippen molar-refractivity contribution in [3.63, 3.8) is 0 Å². The lowest BCUT2D eigenvalue weighted by Crippen LogP contribution is -2.39. The summed E-state index contributed by atoms with van der Waals surface area (Å²) in [7, 11) is 0. The molecular weight excluding hydrogens is 386 g/mol. The van der Waals surface area contributed by atoms with Crippen LogP contribution in [0.5, 0.6) is 0 Å². The first kappa shape index (κ1) is 19.9. The largest absolute Gasteiger partial charge is 0.338 e. The minimum atomic E-state index is -0.383. The third-order valence-electron chi connectivity index (χ3n) is 5.34. The van der Waals surface area contributed by atoms with Gasteiger partial charge >= 0.3 is 0 Å². The van der Waals surface area contributed by atoms with Crippen LogP contribution in [0.3, 0.4) is 0 Å². The number of para-hydroxylation sites is 1. The SMILES string of the molecule is Cc1ccc(C(=O)N2CCCC(c3ccnc(Nc4ccccc4F)n3)C2)cc1F. The molecule has 1 unspecified atom stereocenters. The number of aryl methyl sites for hydroxylation is 1. The summed E-state index contributed by atoms with van der Waals surface area (Å²) in [5.41, 5.74) is 1.95. The standard InChI is InChI=1S/C23H22F2N4O/c1-15-8-9-16(13-19(15)25)22(30)29-12-4-5-17(14-29)20-10-11-26-23(27-20)28-21-7-3-2-6-18(21)24/h2-3,6-11,13,17H,4-5,12,14H2,1H3,(H,26,27,28). The molecule has 154 valence electrons. The zero-order valence-corrected chi connectivity index (χ0v) is 16.6. The molecule has 1 amide bonds. The average molecular weight is 408 g/mol. The van der Waals surface area contributed by atoms with Crippen molar-refractivity contribution >= 4 is 17.5 Å². The second-order valence-electron chi connectivity index (χ2n) is 7.46. The van der Waals surface area contributed by atoms with Gasteiger partial charge < -0.3 is 10.2 Å². The molecule has 1 atom stereocenters. The molecule has 4 rings (SSSR count). The number of piperidine rings is 1. The van der Waals surface area contributed by atoms with E-state index in [0.29, 0.717) is 35.9 Å². The van der Waals surface area contributed by atoms with Gasteiger partial charge in [-0.05, 0) is 55.7 Å². The Balaban J connectivity index is 1.50. The lowest BCUT2D eigenvalue weighted by molar-refractivity contribution is 0.0705. The van der Waals surface area contributed by atoms with Gasteiger partial charge in [-0.1, -0.05) is 18.2 Å². The van der Waals surface area contributed by atoms with Gasteiger partial charge in [-0.15, -0.1) is 0 Å². The molecule has 0 bridgehead atoms. The summed E-state index contributed by atoms with van der Waals surface area (Å²) in [6, 6.07) is 12.7. The van der Waals surface area contributed by atoms with Crippen LogP contribution < -0.4 is 5.32 Å². The number of aromatic nitrogens is 2. The Hall–Kier alpha value is -3.35. The zero-order valence-electron chi connectivity index (χ0n) is 16.6. The number of rotatable bonds is 4. The van der Waals surface area contributed by atoms with Crippen molar-refractivity contribution < 1.29 is 13.6 Å². The van der Waals surface area contributed by atoms with E-state index in [2.05, 4.69) is 15.3 Å². The molecule has 30 heavy (non-hydrogen) atoms. The van der Waals surface area contributed by atoms with E-state index in [1.807, 2.05) is 6.07 Å². The van der Waals surface area contributed by atoms with Crippen molar-refractivity contribution in [1.82, 2.24) is 14.9 Å². The predicted molar refractivity (Wildman–Crippen MR) is 111 cm³/mol. The highest BCUT2D eigenvalue weighted by molar-refractivity contribution is 5.94. The summed E-state index contributed by atoms with van der Waals surface area (Å²) < 4.78 is 27.8. The fourth-order valence-corrected chi connectivity index (χ4v) is 3.65. The Bertz CT molecular complexity index is 1070. The minimum Gasteiger partial charge on any atom is -0.338 e. The van der Waals surface area contributed by atoms with E-state index in [-0.39, 0.29) is 23.5 Å². The topological polar surface area (TPSA) is 58.1 Å². The average Bonchev–Trinajstić information content (AvgIpc) is 2.77. The van der Waals surface area contributed by atoms with Gasteiger partial charge in [-0.3, -0.25) is 4.79 Å². The Labute approximate surface area is 173 Å². The first-order valence-corrected chi connectivity index (χ1v) is 9.91. The number of anilines is 2. The van der Waals surface area contributed by atoms with Crippen LogP contribution in [0.25, 0.3) is 0 Å². The fraction of sp³-hybridized carbons (Fsp3) is 0.261. The van der Waals surface area contributed by atoms with Gasteiger partial charge in [-0.25, -0.2) is 18.7 Å². The normalized spacial score (nSPS) is 16.4. The molecule has 0 aliphatic carbocycles. The Morgan fingerprint density at radius 3 is 2.77 bits per heavy atom. The van der Waals surface area contributed by atoms with Crippen LogP contribution in [-0.2, 0) is 0 Å². The van der Waals surface area contributed by atoms with Crippen molar-refractivity contribution in [3.8, 4) is 0 Å². The van der Waals surface area contributed by atoms with E-state index in [9.17, 15) is 13.6 Å². The molecule has 0 radical (unpaired) electrons. The van der Waals surface area contributed by atoms with Crippen LogP contribution in [0.15, 0.2) is 54.7 Å². The Kier molecular flexibility index (Phi) is 5.70. The van der Waals surface area contributed by atoms with E-state index in [1.165, 1.54) is 12.1 Å². The van der Waals surface area contributed by atoms with Gasteiger partial charge in [-0.2, -0.15) is 0 Å². The first-order valence-electron chi connectivity index (χ1n) is 9.91. The number of hydrogen-bond donors (Lipinski definition) is 1. The van der Waals surface area contributed by atoms with Crippen molar-refractivity contribution in [2.75, 3.05) is 18.4 Å². The number of likely N-dealkylation sites (tertiary alicyclic amines) is 1. The molecule has 1 aliphatic rings. The van der Waals surface area contributed by atoms with Crippen molar-refractivity contribution in [2.24, 2.45) is 0 Å². The second kappa shape index (κ2) is 8.57. The number of halogens is 2. The van der Waals surface area contributed by atoms with Crippen molar-refractivity contribution in [2.45, 2.75) is 25.7 Å². The quantitative estimate of drug-likeness (QED) is 0.672. The maximum absolute atomic E-state index is 13.9. The summed E-state index contributed by atoms with van der Waals surface area (Å²) >= 11 is 0. The molecule has 2 aromatic carbocycles. The fourth-order valence-electron chi connectivity index (χ4n) is 3.65. The lowest BCUT2D eigenvalue weighted by Gasteiger charge is -2.32. The number of carbonyl (C=O) groups excluding carboxylic acids is 1. The van der Waals surface area contributed by atoms with Crippen molar-refractivity contribution in [1.29, 1.82) is 0 Å². The highest BCUT2D eigenvalue weighted by Gasteiger charge is 2.27. The molecule has 2 heterocycles. The van der Waals surface area contributed by atoms with Crippen LogP contribution in [0, 0.1) is 18.6 Å². The number of amides is 1. The molecule has 0 spiro atoms. The highest BCUT2D eigenvalue weighted by atomic mass is 19.1. The highest BCUT2D eigenvalue weighted by Crippen LogP contribution is 2.28. The second-order valence-corrected chi connectivity index (χ2v) is 7.46. The molecule has 0 saturated carbocycles. The molecule has 7 heteroatoms. The Morgan fingerprint density at radius 2 is 1.97 bits per heavy atom. The van der Waals surface area contributed by atoms with Crippen LogP contribution in [0.4, 0.5) is 20.4 Å². The van der Waals surface area contributed by atoms with Crippen molar-refractivity contribution in [3.05, 3.63) is 83.2 Å². The molecule has 3 aromatic rings. The van der Waals surface area contributed by atoms with Gasteiger partial charge in [0, 0.05) is 30.8 Å². The van der Waals surface area contributed by atoms with Gasteiger partial charge in [0.15, 0.2) is 0 Å². The maximum Gasteiger partial charge on any atom is 0.253 e. The lowest BCUT2D eigenvalue weighted by atomic mass is 9.94. The summed E-state index contributed by atoms with van der Waals surface area (Å²) in [6.45, 7) is 2.78. The molecule has 1 aliphatic heterocycles. The van der Waals surface area contributed by atoms with Crippen LogP contribution in [0.1, 0.15) is 40.4 Å². The van der Waals surface area contributed by atoms with E-state index in [4.69, 9.17) is 0 Å². The van der Waals surface area contributed by atoms with Gasteiger partial charge in [0.1, 0.15) is 11.6 Å². The van der Waals surface area contributed by atoms with Gasteiger partial charge in [0.05, 0.1) is 11.4 Å². The molecule has 1 N–H and O–H groups in total. The van der Waals surface area contributed by atoms with Crippen LogP contribution >= 0.6 is 0 Å². The molecule has 1 aromatic heterocycles. The molecule has 5 nitrogen and oxygen atoms in total. The molecule has 1 fully saturated rings. The summed E-state index contributed by atoms with van der Waals surface area (Å²) in [6.07, 6.45) is 3.33. The van der Waals surface area contributed by atoms with Gasteiger partial charge in [0.25, 0.3) is 5.91 Å². The summed E-state index contributed by atoms with van der Waals surface area (Å²) in [5.74, 6) is -0.610. The van der Waals surface area contributed by atoms with E-state index in [0.717, 1.165) is 18.5 Å². The molecular formula is C23H22F2N4O. The smallest absolute Gasteiger partial charge is 0.253 e. The minimum absolute atomic E-state index is 0.0298. The number of hydrogen-bond acceptors (Lipinski definition) is 4. The number of carbonyl (C=O) groups is 1. The van der Waals surface area contributed by atoms with E-state index < -0.39 is 0 Å². The van der Waals surface area contributed by atoms with Crippen LogP contribution in [-0.4, -0.2) is 33.9 Å². The zero-order chi connectivity index (χ0) is 21.1. The summed E-state index contributed by atoms with van der Waals surface area (Å²) in [5, 5.41) is 2.90. The first-order chi connectivity index (χ1) is 14.5. The molecule has 1 saturated heterocycles. The predicted octanol–water partition coefficient (Wildman–Crippen LogP) is 4.83. The third-order valence-corrected chi connectivity index (χ3v) is 5.34. The van der Waals surface area contributed by atoms with Crippen LogP contribution in [0.2, 0.25) is 0 Å². The maximum atomic E-state index is 13.9. The third kappa shape index (κ3) is 4.30. The monoisotopic (exact) mass is 408 g/mol. The number of benzene rings is 2. The van der Waals surface area contributed by atoms with Gasteiger partial charge in [0.2, 0.25) is 5.95 Å². The number of nitrogens with one attached hydrogen (secondary N) is 1. The summed E-state index contributed by atoms with van der Waals surface area (Å²) in [4.78, 5) is 23.3. The Morgan fingerprint density at radius 1 is 1.13 bits per heavy atom. The van der Waals surface area contributed by atoms with E-state index in [1.54, 1.807) is 48.4 Å².